The molecule has 1 aromatic rings. The minimum atomic E-state index is -0.209. The first-order valence-electron chi connectivity index (χ1n) is 5.21. The smallest absolute Gasteiger partial charge is 0.302 e. The zero-order valence-corrected chi connectivity index (χ0v) is 9.62. The molecule has 2 heteroatoms. The molecule has 0 aliphatic rings. The highest BCUT2D eigenvalue weighted by Crippen LogP contribution is 2.26. The van der Waals surface area contributed by atoms with Gasteiger partial charge in [-0.1, -0.05) is 44.2 Å². The lowest BCUT2D eigenvalue weighted by Crippen LogP contribution is -2.20. The summed E-state index contributed by atoms with van der Waals surface area (Å²) in [6.45, 7) is 6.24. The van der Waals surface area contributed by atoms with E-state index in [0.29, 0.717) is 6.61 Å². The summed E-state index contributed by atoms with van der Waals surface area (Å²) in [5.41, 5.74) is 1.33. The molecule has 0 spiro atoms. The van der Waals surface area contributed by atoms with E-state index in [0.717, 1.165) is 6.42 Å². The number of hydrogen-bond donors (Lipinski definition) is 0. The maximum atomic E-state index is 10.6. The number of benzene rings is 1. The molecule has 82 valence electrons. The lowest BCUT2D eigenvalue weighted by molar-refractivity contribution is -0.141. The molecule has 1 aromatic carbocycles. The van der Waals surface area contributed by atoms with Crippen molar-refractivity contribution in [3.8, 4) is 0 Å². The third-order valence-corrected chi connectivity index (χ3v) is 2.59. The Hall–Kier alpha value is -1.31. The molecule has 0 aromatic heterocycles. The average molecular weight is 206 g/mol. The Morgan fingerprint density at radius 3 is 2.40 bits per heavy atom. The maximum Gasteiger partial charge on any atom is 0.302 e. The third kappa shape index (κ3) is 3.74. The van der Waals surface area contributed by atoms with Gasteiger partial charge in [-0.25, -0.2) is 0 Å². The van der Waals surface area contributed by atoms with Crippen molar-refractivity contribution in [2.75, 3.05) is 6.61 Å². The van der Waals surface area contributed by atoms with Crippen molar-refractivity contribution in [1.29, 1.82) is 0 Å². The molecule has 0 aliphatic carbocycles. The van der Waals surface area contributed by atoms with Crippen LogP contribution in [0.5, 0.6) is 0 Å². The van der Waals surface area contributed by atoms with Crippen molar-refractivity contribution >= 4 is 5.97 Å². The van der Waals surface area contributed by atoms with Crippen molar-refractivity contribution in [2.24, 2.45) is 0 Å². The van der Waals surface area contributed by atoms with Gasteiger partial charge in [0.2, 0.25) is 0 Å². The summed E-state index contributed by atoms with van der Waals surface area (Å²) in [6, 6.07) is 10.3. The second-order valence-electron chi connectivity index (χ2n) is 4.34. The Bertz CT molecular complexity index is 315. The van der Waals surface area contributed by atoms with Crippen LogP contribution in [0.25, 0.3) is 0 Å². The molecular weight excluding hydrogens is 188 g/mol. The number of carbonyl (C=O) groups excluding carboxylic acids is 1. The van der Waals surface area contributed by atoms with E-state index >= 15 is 0 Å². The normalized spacial score (nSPS) is 11.1. The van der Waals surface area contributed by atoms with Gasteiger partial charge in [-0.3, -0.25) is 4.79 Å². The zero-order chi connectivity index (χ0) is 11.3. The van der Waals surface area contributed by atoms with Gasteiger partial charge in [0.25, 0.3) is 0 Å². The first-order chi connectivity index (χ1) is 7.02. The predicted molar refractivity (Wildman–Crippen MR) is 60.7 cm³/mol. The Kier molecular flexibility index (Phi) is 3.89. The molecule has 0 aliphatic heterocycles. The quantitative estimate of drug-likeness (QED) is 0.708. The molecule has 15 heavy (non-hydrogen) atoms. The Labute approximate surface area is 91.3 Å². The van der Waals surface area contributed by atoms with Crippen molar-refractivity contribution in [2.45, 2.75) is 32.6 Å². The van der Waals surface area contributed by atoms with Crippen LogP contribution in [0.4, 0.5) is 0 Å². The molecular formula is C13H18O2. The summed E-state index contributed by atoms with van der Waals surface area (Å²) in [4.78, 5) is 10.6. The average Bonchev–Trinajstić information content (AvgIpc) is 2.18. The van der Waals surface area contributed by atoms with Crippen LogP contribution in [0, 0.1) is 0 Å². The summed E-state index contributed by atoms with van der Waals surface area (Å²) < 4.78 is 4.96. The van der Waals surface area contributed by atoms with Gasteiger partial charge < -0.3 is 4.74 Å². The number of carbonyl (C=O) groups is 1. The number of ether oxygens (including phenoxy) is 1. The van der Waals surface area contributed by atoms with Crippen LogP contribution in [-0.4, -0.2) is 12.6 Å². The van der Waals surface area contributed by atoms with Crippen molar-refractivity contribution in [3.05, 3.63) is 35.9 Å². The second kappa shape index (κ2) is 4.96. The largest absolute Gasteiger partial charge is 0.466 e. The zero-order valence-electron chi connectivity index (χ0n) is 9.62. The highest BCUT2D eigenvalue weighted by atomic mass is 16.5. The lowest BCUT2D eigenvalue weighted by atomic mass is 9.82. The summed E-state index contributed by atoms with van der Waals surface area (Å²) in [5, 5.41) is 0. The van der Waals surface area contributed by atoms with E-state index in [4.69, 9.17) is 4.74 Å². The van der Waals surface area contributed by atoms with Gasteiger partial charge in [0.05, 0.1) is 6.61 Å². The van der Waals surface area contributed by atoms with E-state index in [1.165, 1.54) is 12.5 Å². The van der Waals surface area contributed by atoms with E-state index in [-0.39, 0.29) is 11.4 Å². The van der Waals surface area contributed by atoms with Crippen molar-refractivity contribution < 1.29 is 9.53 Å². The number of hydrogen-bond acceptors (Lipinski definition) is 2. The summed E-state index contributed by atoms with van der Waals surface area (Å²) in [6.07, 6.45) is 0.844. The summed E-state index contributed by atoms with van der Waals surface area (Å²) in [5.74, 6) is -0.209. The van der Waals surface area contributed by atoms with Gasteiger partial charge in [-0.2, -0.15) is 0 Å². The highest BCUT2D eigenvalue weighted by molar-refractivity contribution is 5.65. The Morgan fingerprint density at radius 2 is 1.87 bits per heavy atom. The van der Waals surface area contributed by atoms with E-state index in [2.05, 4.69) is 26.0 Å². The molecule has 1 rings (SSSR count). The van der Waals surface area contributed by atoms with Crippen molar-refractivity contribution in [1.82, 2.24) is 0 Å². The predicted octanol–water partition coefficient (Wildman–Crippen LogP) is 2.92. The van der Waals surface area contributed by atoms with Crippen LogP contribution >= 0.6 is 0 Å². The molecule has 0 heterocycles. The van der Waals surface area contributed by atoms with E-state index < -0.39 is 0 Å². The minimum Gasteiger partial charge on any atom is -0.466 e. The van der Waals surface area contributed by atoms with Crippen LogP contribution in [-0.2, 0) is 14.9 Å². The fraction of sp³-hybridized carbons (Fsp3) is 0.462. The number of esters is 1. The second-order valence-corrected chi connectivity index (χ2v) is 4.34. The maximum absolute atomic E-state index is 10.6. The van der Waals surface area contributed by atoms with Crippen LogP contribution in [0.2, 0.25) is 0 Å². The summed E-state index contributed by atoms with van der Waals surface area (Å²) >= 11 is 0. The molecule has 0 bridgehead atoms. The van der Waals surface area contributed by atoms with E-state index in [1.807, 2.05) is 18.2 Å². The monoisotopic (exact) mass is 206 g/mol. The highest BCUT2D eigenvalue weighted by Gasteiger charge is 2.20. The molecule has 0 saturated heterocycles. The Morgan fingerprint density at radius 1 is 1.27 bits per heavy atom. The van der Waals surface area contributed by atoms with Gasteiger partial charge in [0.15, 0.2) is 0 Å². The number of rotatable bonds is 4. The van der Waals surface area contributed by atoms with Crippen LogP contribution in [0.1, 0.15) is 32.8 Å². The van der Waals surface area contributed by atoms with Gasteiger partial charge in [-0.15, -0.1) is 0 Å². The molecule has 0 fully saturated rings. The molecule has 2 nitrogen and oxygen atoms in total. The van der Waals surface area contributed by atoms with Crippen LogP contribution in [0.3, 0.4) is 0 Å². The Balaban J connectivity index is 2.56. The first kappa shape index (κ1) is 11.8. The molecule has 0 saturated carbocycles. The molecule has 0 atom stereocenters. The molecule has 0 radical (unpaired) electrons. The molecule has 0 unspecified atom stereocenters. The minimum absolute atomic E-state index is 0.0523. The first-order valence-corrected chi connectivity index (χ1v) is 5.21. The van der Waals surface area contributed by atoms with E-state index in [1.54, 1.807) is 0 Å². The molecule has 0 N–H and O–H groups in total. The SMILES string of the molecule is CC(=O)OCCC(C)(C)c1ccccc1. The summed E-state index contributed by atoms with van der Waals surface area (Å²) in [7, 11) is 0. The van der Waals surface area contributed by atoms with Gasteiger partial charge in [0.1, 0.15) is 0 Å². The van der Waals surface area contributed by atoms with E-state index in [9.17, 15) is 4.79 Å². The fourth-order valence-electron chi connectivity index (χ4n) is 1.48. The standard InChI is InChI=1S/C13H18O2/c1-11(14)15-10-9-13(2,3)12-7-5-4-6-8-12/h4-8H,9-10H2,1-3H3. The fourth-order valence-corrected chi connectivity index (χ4v) is 1.48. The lowest BCUT2D eigenvalue weighted by Gasteiger charge is -2.24. The third-order valence-electron chi connectivity index (χ3n) is 2.59. The van der Waals surface area contributed by atoms with Crippen molar-refractivity contribution in [3.63, 3.8) is 0 Å². The van der Waals surface area contributed by atoms with Gasteiger partial charge in [-0.05, 0) is 17.4 Å². The molecule has 0 amide bonds. The van der Waals surface area contributed by atoms with Gasteiger partial charge in [0, 0.05) is 6.92 Å². The topological polar surface area (TPSA) is 26.3 Å². The van der Waals surface area contributed by atoms with Crippen LogP contribution < -0.4 is 0 Å². The van der Waals surface area contributed by atoms with Gasteiger partial charge >= 0.3 is 5.97 Å². The van der Waals surface area contributed by atoms with Crippen LogP contribution in [0.15, 0.2) is 30.3 Å².